The first-order valence-corrected chi connectivity index (χ1v) is 14.4. The zero-order valence-corrected chi connectivity index (χ0v) is 25.4. The molecule has 0 amide bonds. The van der Waals surface area contributed by atoms with Crippen LogP contribution in [-0.4, -0.2) is 67.9 Å². The number of nitrogens with two attached hydrogens (primary N) is 1. The van der Waals surface area contributed by atoms with Crippen LogP contribution in [-0.2, 0) is 27.3 Å². The lowest BCUT2D eigenvalue weighted by Gasteiger charge is -2.42. The Morgan fingerprint density at radius 2 is 1.71 bits per heavy atom. The molecule has 2 aliphatic carbocycles. The van der Waals surface area contributed by atoms with Gasteiger partial charge in [-0.3, -0.25) is 14.4 Å². The Kier molecular flexibility index (Phi) is 8.80. The summed E-state index contributed by atoms with van der Waals surface area (Å²) in [6, 6.07) is 13.1. The zero-order chi connectivity index (χ0) is 31.5. The average Bonchev–Trinajstić information content (AvgIpc) is 2.99. The van der Waals surface area contributed by atoms with E-state index >= 15 is 0 Å². The second-order valence-corrected chi connectivity index (χ2v) is 11.7. The van der Waals surface area contributed by atoms with Crippen LogP contribution < -0.4 is 10.5 Å². The summed E-state index contributed by atoms with van der Waals surface area (Å²) in [6.07, 6.45) is -4.62. The van der Waals surface area contributed by atoms with Crippen molar-refractivity contribution in [2.45, 2.75) is 76.0 Å². The fraction of sp³-hybridized carbons (Fsp3) is 0.364. The molecule has 3 aromatic rings. The summed E-state index contributed by atoms with van der Waals surface area (Å²) in [6.45, 7) is 2.91. The van der Waals surface area contributed by atoms with E-state index in [1.807, 2.05) is 30.3 Å². The number of benzene rings is 3. The van der Waals surface area contributed by atoms with Crippen LogP contribution in [0.25, 0.3) is 0 Å². The molecule has 1 heterocycles. The van der Waals surface area contributed by atoms with Gasteiger partial charge in [0.15, 0.2) is 17.9 Å². The summed E-state index contributed by atoms with van der Waals surface area (Å²) >= 11 is 0. The SMILES string of the molecule is CC(=O)[C@]1(O)Cc2c(O)c3c(c(O)c2[C@@H](OC2CC(N)C(O)C(C)O2)C1)C(=O)c1c(OCc2ccccc2)cccc1C3=O.Cl. The monoisotopic (exact) mass is 639 g/mol. The number of hydrogen-bond donors (Lipinski definition) is 5. The molecular weight excluding hydrogens is 606 g/mol. The molecule has 3 aliphatic rings. The van der Waals surface area contributed by atoms with Gasteiger partial charge in [-0.25, -0.2) is 0 Å². The summed E-state index contributed by atoms with van der Waals surface area (Å²) in [5, 5.41) is 44.8. The fourth-order valence-electron chi connectivity index (χ4n) is 6.34. The Bertz CT molecular complexity index is 1670. The van der Waals surface area contributed by atoms with E-state index in [-0.39, 0.29) is 59.9 Å². The van der Waals surface area contributed by atoms with Crippen LogP contribution in [0.15, 0.2) is 48.5 Å². The standard InChI is InChI=1S/C33H33NO10.ClH/c1-15-28(36)20(34)11-23(43-15)44-22-13-33(41,16(2)35)12-19-25(22)32(40)27-26(30(19)38)29(37)18-9-6-10-21(24(18)31(27)39)42-14-17-7-4-3-5-8-17;/h3-10,15,20,22-23,28,36,38,40-41H,11-14,34H2,1-2H3;1H/t15?,20?,22-,23?,28?,33-;/m0./s1. The number of halogens is 1. The lowest BCUT2D eigenvalue weighted by Crippen LogP contribution is -2.52. The van der Waals surface area contributed by atoms with E-state index in [0.29, 0.717) is 0 Å². The average molecular weight is 640 g/mol. The summed E-state index contributed by atoms with van der Waals surface area (Å²) in [7, 11) is 0. The first-order valence-electron chi connectivity index (χ1n) is 14.4. The fourth-order valence-corrected chi connectivity index (χ4v) is 6.34. The Labute approximate surface area is 264 Å². The molecule has 1 fully saturated rings. The van der Waals surface area contributed by atoms with Gasteiger partial charge in [0, 0.05) is 42.0 Å². The molecule has 6 N–H and O–H groups in total. The highest BCUT2D eigenvalue weighted by Crippen LogP contribution is 2.52. The highest BCUT2D eigenvalue weighted by atomic mass is 35.5. The Morgan fingerprint density at radius 3 is 2.38 bits per heavy atom. The number of Topliss-reactive ketones (excluding diaryl/α,β-unsaturated/α-hetero) is 1. The normalized spacial score (nSPS) is 27.1. The number of phenols is 2. The molecule has 45 heavy (non-hydrogen) atoms. The van der Waals surface area contributed by atoms with Gasteiger partial charge in [0.25, 0.3) is 0 Å². The third kappa shape index (κ3) is 5.50. The summed E-state index contributed by atoms with van der Waals surface area (Å²) in [4.78, 5) is 40.5. The predicted octanol–water partition coefficient (Wildman–Crippen LogP) is 3.02. The van der Waals surface area contributed by atoms with Crippen LogP contribution in [0.2, 0.25) is 0 Å². The number of fused-ring (bicyclic) bond motifs is 3. The van der Waals surface area contributed by atoms with Crippen molar-refractivity contribution in [3.05, 3.63) is 87.5 Å². The van der Waals surface area contributed by atoms with Crippen molar-refractivity contribution in [3.63, 3.8) is 0 Å². The number of ketones is 3. The van der Waals surface area contributed by atoms with E-state index < -0.39 is 82.6 Å². The van der Waals surface area contributed by atoms with Crippen LogP contribution in [0, 0.1) is 0 Å². The summed E-state index contributed by atoms with van der Waals surface area (Å²) < 4.78 is 17.9. The highest BCUT2D eigenvalue weighted by Gasteiger charge is 2.49. The second-order valence-electron chi connectivity index (χ2n) is 11.7. The van der Waals surface area contributed by atoms with E-state index in [1.54, 1.807) is 19.1 Å². The molecule has 6 atom stereocenters. The first-order chi connectivity index (χ1) is 20.9. The second kappa shape index (κ2) is 12.2. The molecular formula is C33H34ClNO10. The van der Waals surface area contributed by atoms with Gasteiger partial charge in [-0.1, -0.05) is 42.5 Å². The predicted molar refractivity (Wildman–Crippen MR) is 162 cm³/mol. The molecule has 6 rings (SSSR count). The van der Waals surface area contributed by atoms with Crippen molar-refractivity contribution < 1.29 is 49.0 Å². The number of aliphatic hydroxyl groups excluding tert-OH is 1. The molecule has 4 unspecified atom stereocenters. The molecule has 0 spiro atoms. The molecule has 1 aliphatic heterocycles. The van der Waals surface area contributed by atoms with Crippen molar-refractivity contribution in [2.75, 3.05) is 0 Å². The van der Waals surface area contributed by atoms with Gasteiger partial charge in [0.05, 0.1) is 35.0 Å². The van der Waals surface area contributed by atoms with Gasteiger partial charge in [0.1, 0.15) is 29.5 Å². The smallest absolute Gasteiger partial charge is 0.202 e. The lowest BCUT2D eigenvalue weighted by molar-refractivity contribution is -0.247. The third-order valence-corrected chi connectivity index (χ3v) is 8.82. The minimum Gasteiger partial charge on any atom is -0.507 e. The number of ether oxygens (including phenoxy) is 3. The maximum absolute atomic E-state index is 14.1. The molecule has 238 valence electrons. The topological polar surface area (TPSA) is 186 Å². The molecule has 11 nitrogen and oxygen atoms in total. The summed E-state index contributed by atoms with van der Waals surface area (Å²) in [5.74, 6) is -3.21. The quantitative estimate of drug-likeness (QED) is 0.195. The van der Waals surface area contributed by atoms with Gasteiger partial charge in [-0.2, -0.15) is 0 Å². The number of hydrogen-bond acceptors (Lipinski definition) is 11. The number of aromatic hydroxyl groups is 2. The molecule has 0 saturated carbocycles. The maximum Gasteiger partial charge on any atom is 0.202 e. The van der Waals surface area contributed by atoms with Crippen LogP contribution in [0.5, 0.6) is 17.2 Å². The van der Waals surface area contributed by atoms with Crippen molar-refractivity contribution in [1.29, 1.82) is 0 Å². The number of rotatable bonds is 6. The van der Waals surface area contributed by atoms with Crippen LogP contribution >= 0.6 is 12.4 Å². The number of carbonyl (C=O) groups excluding carboxylic acids is 3. The third-order valence-electron chi connectivity index (χ3n) is 8.82. The van der Waals surface area contributed by atoms with Crippen LogP contribution in [0.4, 0.5) is 0 Å². The van der Waals surface area contributed by atoms with Crippen molar-refractivity contribution >= 4 is 29.8 Å². The van der Waals surface area contributed by atoms with Gasteiger partial charge in [-0.15, -0.1) is 12.4 Å². The van der Waals surface area contributed by atoms with Crippen molar-refractivity contribution in [1.82, 2.24) is 0 Å². The molecule has 0 aromatic heterocycles. The minimum absolute atomic E-state index is 0. The Morgan fingerprint density at radius 1 is 1.02 bits per heavy atom. The van der Waals surface area contributed by atoms with Gasteiger partial charge in [0.2, 0.25) is 5.78 Å². The molecule has 12 heteroatoms. The zero-order valence-electron chi connectivity index (χ0n) is 24.6. The lowest BCUT2D eigenvalue weighted by atomic mass is 9.72. The Hall–Kier alpha value is -3.84. The first kappa shape index (κ1) is 32.6. The van der Waals surface area contributed by atoms with E-state index in [2.05, 4.69) is 0 Å². The molecule has 1 saturated heterocycles. The molecule has 0 bridgehead atoms. The largest absolute Gasteiger partial charge is 0.507 e. The Balaban J connectivity index is 0.00000400. The van der Waals surface area contributed by atoms with Gasteiger partial charge >= 0.3 is 0 Å². The van der Waals surface area contributed by atoms with Crippen LogP contribution in [0.1, 0.15) is 81.3 Å². The number of phenolic OH excluding ortho intramolecular Hbond substituents is 2. The highest BCUT2D eigenvalue weighted by molar-refractivity contribution is 6.31. The van der Waals surface area contributed by atoms with E-state index in [0.717, 1.165) is 5.56 Å². The molecule has 0 radical (unpaired) electrons. The van der Waals surface area contributed by atoms with Crippen molar-refractivity contribution in [2.24, 2.45) is 5.73 Å². The van der Waals surface area contributed by atoms with Gasteiger partial charge < -0.3 is 40.4 Å². The van der Waals surface area contributed by atoms with E-state index in [1.165, 1.54) is 13.0 Å². The van der Waals surface area contributed by atoms with Gasteiger partial charge in [-0.05, 0) is 25.5 Å². The molecule has 3 aromatic carbocycles. The number of aliphatic hydroxyl groups is 2. The van der Waals surface area contributed by atoms with Crippen molar-refractivity contribution in [3.8, 4) is 17.2 Å². The summed E-state index contributed by atoms with van der Waals surface area (Å²) in [5.41, 5.74) is 3.79. The van der Waals surface area contributed by atoms with E-state index in [4.69, 9.17) is 19.9 Å². The number of carbonyl (C=O) groups is 3. The van der Waals surface area contributed by atoms with E-state index in [9.17, 15) is 34.8 Å². The maximum atomic E-state index is 14.1. The minimum atomic E-state index is -2.02. The van der Waals surface area contributed by atoms with Crippen LogP contribution in [0.3, 0.4) is 0 Å².